The molecule has 0 aliphatic carbocycles. The summed E-state index contributed by atoms with van der Waals surface area (Å²) in [5.74, 6) is 0.568. The van der Waals surface area contributed by atoms with Crippen molar-refractivity contribution in [2.45, 2.75) is 6.61 Å². The fraction of sp³-hybridized carbons (Fsp3) is 0.0833. The molecule has 0 bridgehead atoms. The molecule has 1 aliphatic rings. The van der Waals surface area contributed by atoms with Crippen LogP contribution in [0.5, 0.6) is 11.5 Å². The average molecular weight is 499 g/mol. The minimum atomic E-state index is -0.504. The zero-order valence-electron chi connectivity index (χ0n) is 16.5. The molecule has 3 aromatic rings. The second kappa shape index (κ2) is 9.37. The van der Waals surface area contributed by atoms with Crippen LogP contribution in [0, 0.1) is 0 Å². The van der Waals surface area contributed by atoms with Gasteiger partial charge >= 0.3 is 5.97 Å². The van der Waals surface area contributed by atoms with Crippen LogP contribution in [0.15, 0.2) is 81.9 Å². The van der Waals surface area contributed by atoms with Gasteiger partial charge in [-0.15, -0.1) is 0 Å². The summed E-state index contributed by atoms with van der Waals surface area (Å²) in [5, 5.41) is 4.58. The maximum atomic E-state index is 12.3. The summed E-state index contributed by atoms with van der Waals surface area (Å²) in [6.45, 7) is 0.326. The molecule has 1 aliphatic heterocycles. The van der Waals surface area contributed by atoms with E-state index in [-0.39, 0.29) is 0 Å². The Bertz CT molecular complexity index is 1190. The van der Waals surface area contributed by atoms with E-state index in [1.807, 2.05) is 60.7 Å². The first kappa shape index (κ1) is 21.2. The van der Waals surface area contributed by atoms with Crippen LogP contribution in [0.4, 0.5) is 0 Å². The van der Waals surface area contributed by atoms with E-state index in [9.17, 15) is 4.79 Å². The number of carbonyl (C=O) groups is 1. The first-order valence-corrected chi connectivity index (χ1v) is 10.5. The zero-order chi connectivity index (χ0) is 21.8. The van der Waals surface area contributed by atoms with Gasteiger partial charge in [0.1, 0.15) is 12.3 Å². The Balaban J connectivity index is 1.63. The number of hydrogen-bond donors (Lipinski definition) is 0. The highest BCUT2D eigenvalue weighted by Crippen LogP contribution is 2.38. The lowest BCUT2D eigenvalue weighted by Gasteiger charge is -2.14. The second-order valence-electron chi connectivity index (χ2n) is 6.70. The van der Waals surface area contributed by atoms with Gasteiger partial charge in [-0.1, -0.05) is 59.2 Å². The predicted molar refractivity (Wildman–Crippen MR) is 124 cm³/mol. The van der Waals surface area contributed by atoms with Gasteiger partial charge in [0.2, 0.25) is 0 Å². The molecule has 0 saturated carbocycles. The van der Waals surface area contributed by atoms with Crippen LogP contribution < -0.4 is 9.47 Å². The maximum absolute atomic E-state index is 12.3. The SMILES string of the molecule is COc1cc(/C=C2\C(=O)ON=C2c2ccccc2)cc(Br)c1OCc1cccc(Cl)c1. The smallest absolute Gasteiger partial charge is 0.368 e. The van der Waals surface area contributed by atoms with Crippen LogP contribution in [0.3, 0.4) is 0 Å². The topological polar surface area (TPSA) is 57.1 Å². The molecule has 7 heteroatoms. The number of hydrogen-bond acceptors (Lipinski definition) is 5. The summed E-state index contributed by atoms with van der Waals surface area (Å²) >= 11 is 9.59. The van der Waals surface area contributed by atoms with Gasteiger partial charge in [-0.2, -0.15) is 0 Å². The Morgan fingerprint density at radius 3 is 2.65 bits per heavy atom. The van der Waals surface area contributed by atoms with Crippen LogP contribution in [0.1, 0.15) is 16.7 Å². The first-order chi connectivity index (χ1) is 15.0. The Morgan fingerprint density at radius 2 is 1.90 bits per heavy atom. The fourth-order valence-electron chi connectivity index (χ4n) is 3.13. The molecule has 0 N–H and O–H groups in total. The average Bonchev–Trinajstić information content (AvgIpc) is 3.13. The number of ether oxygens (including phenoxy) is 2. The number of carbonyl (C=O) groups excluding carboxylic acids is 1. The molecular weight excluding hydrogens is 482 g/mol. The van der Waals surface area contributed by atoms with Crippen molar-refractivity contribution in [3.8, 4) is 11.5 Å². The van der Waals surface area contributed by atoms with Crippen molar-refractivity contribution < 1.29 is 19.1 Å². The van der Waals surface area contributed by atoms with E-state index in [1.165, 1.54) is 0 Å². The second-order valence-corrected chi connectivity index (χ2v) is 7.99. The summed E-state index contributed by atoms with van der Waals surface area (Å²) in [5.41, 5.74) is 3.32. The third-order valence-corrected chi connectivity index (χ3v) is 5.40. The van der Waals surface area contributed by atoms with E-state index in [2.05, 4.69) is 21.1 Å². The van der Waals surface area contributed by atoms with Crippen molar-refractivity contribution in [2.24, 2.45) is 5.16 Å². The van der Waals surface area contributed by atoms with E-state index >= 15 is 0 Å². The van der Waals surface area contributed by atoms with E-state index in [0.29, 0.717) is 38.9 Å². The van der Waals surface area contributed by atoms with Crippen LogP contribution in [0.25, 0.3) is 6.08 Å². The third-order valence-electron chi connectivity index (χ3n) is 4.58. The van der Waals surface area contributed by atoms with Crippen molar-refractivity contribution in [1.82, 2.24) is 0 Å². The maximum Gasteiger partial charge on any atom is 0.368 e. The minimum Gasteiger partial charge on any atom is -0.493 e. The fourth-order valence-corrected chi connectivity index (χ4v) is 3.91. The van der Waals surface area contributed by atoms with Crippen molar-refractivity contribution in [2.75, 3.05) is 7.11 Å². The van der Waals surface area contributed by atoms with Crippen LogP contribution >= 0.6 is 27.5 Å². The first-order valence-electron chi connectivity index (χ1n) is 9.37. The van der Waals surface area contributed by atoms with Crippen LogP contribution in [-0.2, 0) is 16.2 Å². The molecule has 0 atom stereocenters. The Hall–Kier alpha value is -3.09. The minimum absolute atomic E-state index is 0.326. The number of rotatable bonds is 6. The zero-order valence-corrected chi connectivity index (χ0v) is 18.8. The van der Waals surface area contributed by atoms with Gasteiger partial charge in [0.15, 0.2) is 11.5 Å². The monoisotopic (exact) mass is 497 g/mol. The van der Waals surface area contributed by atoms with Gasteiger partial charge in [0, 0.05) is 10.6 Å². The van der Waals surface area contributed by atoms with Gasteiger partial charge < -0.3 is 14.3 Å². The Morgan fingerprint density at radius 1 is 1.10 bits per heavy atom. The van der Waals surface area contributed by atoms with E-state index in [4.69, 9.17) is 25.9 Å². The third kappa shape index (κ3) is 4.81. The number of nitrogens with zero attached hydrogens (tertiary/aromatic N) is 1. The van der Waals surface area contributed by atoms with Crippen LogP contribution in [0.2, 0.25) is 5.02 Å². The molecule has 0 radical (unpaired) electrons. The highest BCUT2D eigenvalue weighted by molar-refractivity contribution is 9.10. The molecule has 0 saturated heterocycles. The van der Waals surface area contributed by atoms with Gasteiger partial charge in [-0.05, 0) is 57.4 Å². The summed E-state index contributed by atoms with van der Waals surface area (Å²) < 4.78 is 12.2. The molecule has 4 rings (SSSR count). The lowest BCUT2D eigenvalue weighted by Crippen LogP contribution is -2.06. The number of oxime groups is 1. The largest absolute Gasteiger partial charge is 0.493 e. The molecule has 156 valence electrons. The molecule has 3 aromatic carbocycles. The number of benzene rings is 3. The quantitative estimate of drug-likeness (QED) is 0.307. The molecule has 0 unspecified atom stereocenters. The van der Waals surface area contributed by atoms with Crippen molar-refractivity contribution >= 4 is 45.3 Å². The van der Waals surface area contributed by atoms with Gasteiger partial charge in [0.25, 0.3) is 0 Å². The molecular formula is C24H17BrClNO4. The normalized spacial score (nSPS) is 14.4. The Labute approximate surface area is 193 Å². The highest BCUT2D eigenvalue weighted by atomic mass is 79.9. The van der Waals surface area contributed by atoms with Gasteiger partial charge in [-0.25, -0.2) is 4.79 Å². The number of halogens is 2. The summed E-state index contributed by atoms with van der Waals surface area (Å²) in [7, 11) is 1.56. The molecule has 0 spiro atoms. The van der Waals surface area contributed by atoms with E-state index in [1.54, 1.807) is 19.3 Å². The summed E-state index contributed by atoms with van der Waals surface area (Å²) in [6.07, 6.45) is 1.72. The summed E-state index contributed by atoms with van der Waals surface area (Å²) in [4.78, 5) is 17.2. The molecule has 0 aromatic heterocycles. The molecule has 5 nitrogen and oxygen atoms in total. The number of methoxy groups -OCH3 is 1. The lowest BCUT2D eigenvalue weighted by atomic mass is 10.0. The van der Waals surface area contributed by atoms with Gasteiger partial charge in [-0.3, -0.25) is 0 Å². The van der Waals surface area contributed by atoms with Crippen LogP contribution in [-0.4, -0.2) is 18.8 Å². The van der Waals surface area contributed by atoms with Crippen molar-refractivity contribution in [3.05, 3.63) is 98.5 Å². The molecule has 0 amide bonds. The lowest BCUT2D eigenvalue weighted by molar-refractivity contribution is -0.136. The standard InChI is InChI=1S/C24H17BrClNO4/c1-29-21-13-16(11-19-22(27-31-24(19)28)17-7-3-2-4-8-17)12-20(25)23(21)30-14-15-6-5-9-18(26)10-15/h2-13H,14H2,1H3/b19-11-. The molecule has 1 heterocycles. The van der Waals surface area contributed by atoms with E-state index < -0.39 is 5.97 Å². The van der Waals surface area contributed by atoms with E-state index in [0.717, 1.165) is 16.7 Å². The Kier molecular flexibility index (Phi) is 6.39. The van der Waals surface area contributed by atoms with Gasteiger partial charge in [0.05, 0.1) is 17.2 Å². The van der Waals surface area contributed by atoms with Crippen molar-refractivity contribution in [1.29, 1.82) is 0 Å². The molecule has 31 heavy (non-hydrogen) atoms. The molecule has 0 fully saturated rings. The van der Waals surface area contributed by atoms with Crippen molar-refractivity contribution in [3.63, 3.8) is 0 Å². The highest BCUT2D eigenvalue weighted by Gasteiger charge is 2.27. The summed E-state index contributed by atoms with van der Waals surface area (Å²) in [6, 6.07) is 20.5. The predicted octanol–water partition coefficient (Wildman–Crippen LogP) is 6.03.